The molecule has 3 aromatic rings. The van der Waals surface area contributed by atoms with Crippen LogP contribution in [0.1, 0.15) is 36.8 Å². The van der Waals surface area contributed by atoms with E-state index in [0.717, 1.165) is 24.0 Å². The van der Waals surface area contributed by atoms with E-state index >= 15 is 0 Å². The number of carbonyl (C=O) groups is 1. The molecule has 2 saturated carbocycles. The van der Waals surface area contributed by atoms with E-state index in [9.17, 15) is 13.2 Å². The number of nitrogens with two attached hydrogens (primary N) is 1. The summed E-state index contributed by atoms with van der Waals surface area (Å²) in [5.74, 6) is 0.309. The number of anilines is 1. The number of sulfonamides is 1. The van der Waals surface area contributed by atoms with Gasteiger partial charge in [0.25, 0.3) is 10.0 Å². The van der Waals surface area contributed by atoms with E-state index in [0.29, 0.717) is 36.1 Å². The number of hydrogen-bond donors (Lipinski definition) is 2. The summed E-state index contributed by atoms with van der Waals surface area (Å²) in [7, 11) is -0.907. The summed E-state index contributed by atoms with van der Waals surface area (Å²) in [6, 6.07) is 13.7. The number of ether oxygens (including phenoxy) is 2. The predicted octanol–water partition coefficient (Wildman–Crippen LogP) is 3.04. The molecule has 0 aliphatic heterocycles. The van der Waals surface area contributed by atoms with E-state index in [2.05, 4.69) is 9.71 Å². The number of hydrogen-bond acceptors (Lipinski definition) is 7. The SMILES string of the molecule is COCC1(c2ccc(OC)c(C3(C(=O)NS(=O)(=O)c4cccc5nc(N)ccc45)CC3)c2)CC1. The van der Waals surface area contributed by atoms with E-state index in [1.54, 1.807) is 32.4 Å². The highest BCUT2D eigenvalue weighted by Gasteiger charge is 2.55. The zero-order valence-corrected chi connectivity index (χ0v) is 19.9. The first kappa shape index (κ1) is 22.6. The second-order valence-corrected chi connectivity index (χ2v) is 10.9. The minimum atomic E-state index is -4.15. The first-order valence-corrected chi connectivity index (χ1v) is 12.6. The van der Waals surface area contributed by atoms with E-state index < -0.39 is 21.3 Å². The number of nitrogen functional groups attached to an aromatic ring is 1. The van der Waals surface area contributed by atoms with Crippen molar-refractivity contribution in [3.8, 4) is 5.75 Å². The lowest BCUT2D eigenvalue weighted by atomic mass is 9.88. The highest BCUT2D eigenvalue weighted by Crippen LogP contribution is 2.55. The zero-order valence-electron chi connectivity index (χ0n) is 19.1. The van der Waals surface area contributed by atoms with E-state index in [1.165, 1.54) is 12.1 Å². The molecule has 2 fully saturated rings. The van der Waals surface area contributed by atoms with Crippen LogP contribution in [-0.2, 0) is 30.4 Å². The summed E-state index contributed by atoms with van der Waals surface area (Å²) < 4.78 is 39.9. The van der Waals surface area contributed by atoms with Gasteiger partial charge in [-0.3, -0.25) is 4.79 Å². The molecule has 0 spiro atoms. The second-order valence-electron chi connectivity index (χ2n) is 9.20. The summed E-state index contributed by atoms with van der Waals surface area (Å²) in [6.45, 7) is 0.603. The summed E-state index contributed by atoms with van der Waals surface area (Å²) in [4.78, 5) is 17.6. The van der Waals surface area contributed by atoms with Gasteiger partial charge in [0.1, 0.15) is 11.6 Å². The van der Waals surface area contributed by atoms with Crippen LogP contribution in [0.4, 0.5) is 5.82 Å². The van der Waals surface area contributed by atoms with Crippen LogP contribution in [0.3, 0.4) is 0 Å². The van der Waals surface area contributed by atoms with Gasteiger partial charge in [-0.1, -0.05) is 18.2 Å². The highest BCUT2D eigenvalue weighted by molar-refractivity contribution is 7.90. The molecule has 2 aliphatic carbocycles. The summed E-state index contributed by atoms with van der Waals surface area (Å²) in [5.41, 5.74) is 6.98. The molecule has 5 rings (SSSR count). The zero-order chi connectivity index (χ0) is 24.1. The molecule has 2 aromatic carbocycles. The fourth-order valence-corrected chi connectivity index (χ4v) is 6.02. The van der Waals surface area contributed by atoms with Crippen molar-refractivity contribution in [2.45, 2.75) is 41.4 Å². The molecular weight excluding hydrogens is 454 g/mol. The minimum Gasteiger partial charge on any atom is -0.496 e. The Labute approximate surface area is 198 Å². The Morgan fingerprint density at radius 1 is 1.09 bits per heavy atom. The van der Waals surface area contributed by atoms with E-state index in [1.807, 2.05) is 18.2 Å². The Bertz CT molecular complexity index is 1390. The molecule has 1 heterocycles. The maximum Gasteiger partial charge on any atom is 0.264 e. The van der Waals surface area contributed by atoms with Gasteiger partial charge in [0.05, 0.1) is 29.5 Å². The Kier molecular flexibility index (Phi) is 5.29. The number of carbonyl (C=O) groups excluding carboxylic acids is 1. The van der Waals surface area contributed by atoms with Crippen LogP contribution in [0, 0.1) is 0 Å². The summed E-state index contributed by atoms with van der Waals surface area (Å²) >= 11 is 0. The summed E-state index contributed by atoms with van der Waals surface area (Å²) in [6.07, 6.45) is 3.11. The van der Waals surface area contributed by atoms with E-state index in [-0.39, 0.29) is 16.1 Å². The molecule has 3 N–H and O–H groups in total. The molecular formula is C25H27N3O5S. The Balaban J connectivity index is 1.49. The molecule has 0 saturated heterocycles. The smallest absolute Gasteiger partial charge is 0.264 e. The number of amides is 1. The number of methoxy groups -OCH3 is 2. The second kappa shape index (κ2) is 7.95. The first-order valence-electron chi connectivity index (χ1n) is 11.2. The Morgan fingerprint density at radius 3 is 2.50 bits per heavy atom. The third-order valence-corrected chi connectivity index (χ3v) is 8.41. The molecule has 1 amide bonds. The van der Waals surface area contributed by atoms with Crippen molar-refractivity contribution in [3.63, 3.8) is 0 Å². The fourth-order valence-electron chi connectivity index (χ4n) is 4.75. The van der Waals surface area contributed by atoms with Gasteiger partial charge < -0.3 is 15.2 Å². The summed E-state index contributed by atoms with van der Waals surface area (Å²) in [5, 5.41) is 0.400. The van der Waals surface area contributed by atoms with Crippen LogP contribution in [0.2, 0.25) is 0 Å². The quantitative estimate of drug-likeness (QED) is 0.507. The minimum absolute atomic E-state index is 0.0145. The number of aromatic nitrogens is 1. The van der Waals surface area contributed by atoms with Crippen molar-refractivity contribution < 1.29 is 22.7 Å². The van der Waals surface area contributed by atoms with Crippen LogP contribution in [0.15, 0.2) is 53.4 Å². The molecule has 0 atom stereocenters. The van der Waals surface area contributed by atoms with Crippen molar-refractivity contribution in [2.75, 3.05) is 26.6 Å². The van der Waals surface area contributed by atoms with Gasteiger partial charge in [-0.15, -0.1) is 0 Å². The van der Waals surface area contributed by atoms with Gasteiger partial charge in [-0.2, -0.15) is 0 Å². The lowest BCUT2D eigenvalue weighted by Gasteiger charge is -2.22. The number of pyridine rings is 1. The monoisotopic (exact) mass is 481 g/mol. The maximum absolute atomic E-state index is 13.5. The van der Waals surface area contributed by atoms with Crippen LogP contribution in [-0.4, -0.2) is 40.1 Å². The first-order chi connectivity index (χ1) is 16.2. The molecule has 0 radical (unpaired) electrons. The number of nitrogens with one attached hydrogen (secondary N) is 1. The number of fused-ring (bicyclic) bond motifs is 1. The molecule has 0 bridgehead atoms. The molecule has 34 heavy (non-hydrogen) atoms. The Hall–Kier alpha value is -3.17. The van der Waals surface area contributed by atoms with Crippen LogP contribution in [0.5, 0.6) is 5.75 Å². The van der Waals surface area contributed by atoms with Crippen LogP contribution < -0.4 is 15.2 Å². The van der Waals surface area contributed by atoms with Gasteiger partial charge in [0.15, 0.2) is 0 Å². The maximum atomic E-state index is 13.5. The number of rotatable bonds is 8. The van der Waals surface area contributed by atoms with Gasteiger partial charge in [-0.05, 0) is 61.6 Å². The lowest BCUT2D eigenvalue weighted by Crippen LogP contribution is -2.39. The largest absolute Gasteiger partial charge is 0.496 e. The van der Waals surface area contributed by atoms with Gasteiger partial charge in [-0.25, -0.2) is 18.1 Å². The predicted molar refractivity (Wildman–Crippen MR) is 128 cm³/mol. The standard InChI is InChI=1S/C25H27N3O5S/c1-32-15-24(10-11-24)16-6-8-20(33-2)18(14-16)25(12-13-25)23(29)28-34(30,31)21-5-3-4-19-17(21)7-9-22(26)27-19/h3-9,14H,10-13,15H2,1-2H3,(H2,26,27)(H,28,29). The van der Waals surface area contributed by atoms with Crippen LogP contribution in [0.25, 0.3) is 10.9 Å². The van der Waals surface area contributed by atoms with Gasteiger partial charge in [0.2, 0.25) is 5.91 Å². The third-order valence-electron chi connectivity index (χ3n) is 7.02. The topological polar surface area (TPSA) is 121 Å². The van der Waals surface area contributed by atoms with Crippen molar-refractivity contribution in [1.29, 1.82) is 0 Å². The van der Waals surface area contributed by atoms with Gasteiger partial charge >= 0.3 is 0 Å². The fraction of sp³-hybridized carbons (Fsp3) is 0.360. The molecule has 0 unspecified atom stereocenters. The molecule has 1 aromatic heterocycles. The van der Waals surface area contributed by atoms with Crippen molar-refractivity contribution in [3.05, 3.63) is 59.7 Å². The Morgan fingerprint density at radius 2 is 1.85 bits per heavy atom. The van der Waals surface area contributed by atoms with E-state index in [4.69, 9.17) is 15.2 Å². The number of nitrogens with zero attached hydrogens (tertiary/aromatic N) is 1. The average molecular weight is 482 g/mol. The van der Waals surface area contributed by atoms with Crippen molar-refractivity contribution in [1.82, 2.24) is 9.71 Å². The molecule has 8 nitrogen and oxygen atoms in total. The van der Waals surface area contributed by atoms with Crippen LogP contribution >= 0.6 is 0 Å². The molecule has 178 valence electrons. The molecule has 9 heteroatoms. The highest BCUT2D eigenvalue weighted by atomic mass is 32.2. The van der Waals surface area contributed by atoms with Crippen molar-refractivity contribution in [2.24, 2.45) is 0 Å². The average Bonchev–Trinajstić information content (AvgIpc) is 3.74. The molecule has 2 aliphatic rings. The number of benzene rings is 2. The normalized spacial score (nSPS) is 17.8. The van der Waals surface area contributed by atoms with Crippen molar-refractivity contribution >= 4 is 32.7 Å². The lowest BCUT2D eigenvalue weighted by molar-refractivity contribution is -0.121. The third kappa shape index (κ3) is 3.69. The van der Waals surface area contributed by atoms with Gasteiger partial charge in [0, 0.05) is 23.5 Å².